The second kappa shape index (κ2) is 10.4. The second-order valence-corrected chi connectivity index (χ2v) is 10.8. The minimum Gasteiger partial charge on any atom is -0.486 e. The number of carbonyl (C=O) groups is 1. The molecular weight excluding hydrogens is 511 g/mol. The van der Waals surface area contributed by atoms with Crippen molar-refractivity contribution in [2.45, 2.75) is 24.8 Å². The van der Waals surface area contributed by atoms with Gasteiger partial charge in [-0.15, -0.1) is 0 Å². The average molecular weight is 535 g/mol. The Bertz CT molecular complexity index is 1350. The second-order valence-electron chi connectivity index (χ2n) is 8.12. The first-order valence-electron chi connectivity index (χ1n) is 10.9. The number of amides is 1. The first-order chi connectivity index (χ1) is 16.6. The highest BCUT2D eigenvalue weighted by molar-refractivity contribution is 7.92. The van der Waals surface area contributed by atoms with Crippen molar-refractivity contribution >= 4 is 44.8 Å². The normalized spacial score (nSPS) is 13.7. The Morgan fingerprint density at radius 1 is 0.971 bits per heavy atom. The zero-order valence-corrected chi connectivity index (χ0v) is 21.5. The van der Waals surface area contributed by atoms with Crippen molar-refractivity contribution < 1.29 is 22.7 Å². The SMILES string of the molecule is Cc1ccc(S(=O)(=O)N(CC(=O)N[C@@H](C)c2ccc3c(c2)OCCO3)c2ccc(Cl)c(Cl)c2)cc1. The molecule has 0 saturated carbocycles. The highest BCUT2D eigenvalue weighted by Gasteiger charge is 2.28. The molecule has 1 aliphatic heterocycles. The molecule has 1 atom stereocenters. The van der Waals surface area contributed by atoms with Crippen molar-refractivity contribution in [1.82, 2.24) is 5.32 Å². The Kier molecular flexibility index (Phi) is 7.44. The van der Waals surface area contributed by atoms with Crippen molar-refractivity contribution in [1.29, 1.82) is 0 Å². The maximum absolute atomic E-state index is 13.5. The highest BCUT2D eigenvalue weighted by Crippen LogP contribution is 2.33. The van der Waals surface area contributed by atoms with Crippen molar-refractivity contribution in [3.8, 4) is 11.5 Å². The summed E-state index contributed by atoms with van der Waals surface area (Å²) in [5.74, 6) is 0.761. The molecule has 0 aromatic heterocycles. The molecular formula is C25H24Cl2N2O5S. The van der Waals surface area contributed by atoms with E-state index in [0.717, 1.165) is 15.4 Å². The molecule has 1 amide bonds. The van der Waals surface area contributed by atoms with Crippen molar-refractivity contribution in [3.05, 3.63) is 81.8 Å². The maximum Gasteiger partial charge on any atom is 0.264 e. The predicted octanol–water partition coefficient (Wildman–Crippen LogP) is 5.15. The Balaban J connectivity index is 1.59. The monoisotopic (exact) mass is 534 g/mol. The molecule has 3 aromatic rings. The Morgan fingerprint density at radius 3 is 2.34 bits per heavy atom. The van der Waals surface area contributed by atoms with Gasteiger partial charge in [0.1, 0.15) is 19.8 Å². The van der Waals surface area contributed by atoms with Gasteiger partial charge < -0.3 is 14.8 Å². The highest BCUT2D eigenvalue weighted by atomic mass is 35.5. The lowest BCUT2D eigenvalue weighted by Gasteiger charge is -2.26. The van der Waals surface area contributed by atoms with Crippen LogP contribution in [0.4, 0.5) is 5.69 Å². The molecule has 1 aliphatic rings. The molecule has 0 spiro atoms. The van der Waals surface area contributed by atoms with Crippen LogP contribution in [0, 0.1) is 6.92 Å². The van der Waals surface area contributed by atoms with Crippen LogP contribution in [0.3, 0.4) is 0 Å². The van der Waals surface area contributed by atoms with E-state index in [0.29, 0.717) is 24.7 Å². The van der Waals surface area contributed by atoms with Crippen LogP contribution in [0.5, 0.6) is 11.5 Å². The fourth-order valence-corrected chi connectivity index (χ4v) is 5.33. The smallest absolute Gasteiger partial charge is 0.264 e. The molecule has 1 N–H and O–H groups in total. The zero-order valence-electron chi connectivity index (χ0n) is 19.1. The first-order valence-corrected chi connectivity index (χ1v) is 13.1. The van der Waals surface area contributed by atoms with Gasteiger partial charge in [0.15, 0.2) is 11.5 Å². The minimum absolute atomic E-state index is 0.0573. The number of fused-ring (bicyclic) bond motifs is 1. The summed E-state index contributed by atoms with van der Waals surface area (Å²) in [6.07, 6.45) is 0. The number of anilines is 1. The average Bonchev–Trinajstić information content (AvgIpc) is 2.84. The van der Waals surface area contributed by atoms with Crippen LogP contribution >= 0.6 is 23.2 Å². The number of carbonyl (C=O) groups excluding carboxylic acids is 1. The van der Waals surface area contributed by atoms with E-state index in [-0.39, 0.29) is 20.6 Å². The van der Waals surface area contributed by atoms with Gasteiger partial charge in [0.25, 0.3) is 10.0 Å². The molecule has 0 aliphatic carbocycles. The van der Waals surface area contributed by atoms with Gasteiger partial charge >= 0.3 is 0 Å². The summed E-state index contributed by atoms with van der Waals surface area (Å²) in [7, 11) is -4.07. The standard InChI is InChI=1S/C25H24Cl2N2O5S/c1-16-3-7-20(8-4-16)35(31,32)29(19-6-9-21(26)22(27)14-19)15-25(30)28-17(2)18-5-10-23-24(13-18)34-12-11-33-23/h3-10,13-14,17H,11-12,15H2,1-2H3,(H,28,30)/t17-/m0/s1. The lowest BCUT2D eigenvalue weighted by atomic mass is 10.1. The van der Waals surface area contributed by atoms with Crippen molar-refractivity contribution in [2.75, 3.05) is 24.1 Å². The molecule has 1 heterocycles. The molecule has 4 rings (SSSR count). The number of ether oxygens (including phenoxy) is 2. The van der Waals surface area contributed by atoms with Gasteiger partial charge in [0, 0.05) is 0 Å². The van der Waals surface area contributed by atoms with Crippen LogP contribution in [-0.4, -0.2) is 34.1 Å². The topological polar surface area (TPSA) is 84.9 Å². The molecule has 10 heteroatoms. The largest absolute Gasteiger partial charge is 0.486 e. The Labute approximate surface area is 214 Å². The summed E-state index contributed by atoms with van der Waals surface area (Å²) in [5, 5.41) is 3.32. The molecule has 0 fully saturated rings. The number of sulfonamides is 1. The van der Waals surface area contributed by atoms with Crippen molar-refractivity contribution in [3.63, 3.8) is 0 Å². The summed E-state index contributed by atoms with van der Waals surface area (Å²) >= 11 is 12.2. The molecule has 0 bridgehead atoms. The minimum atomic E-state index is -4.07. The quantitative estimate of drug-likeness (QED) is 0.453. The number of halogens is 2. The fourth-order valence-electron chi connectivity index (χ4n) is 3.62. The number of nitrogens with zero attached hydrogens (tertiary/aromatic N) is 1. The molecule has 0 saturated heterocycles. The third-order valence-electron chi connectivity index (χ3n) is 5.53. The Morgan fingerprint density at radius 2 is 1.66 bits per heavy atom. The molecule has 184 valence electrons. The number of benzene rings is 3. The number of hydrogen-bond donors (Lipinski definition) is 1. The number of aryl methyl sites for hydroxylation is 1. The van der Waals surface area contributed by atoms with E-state index in [1.165, 1.54) is 30.3 Å². The number of rotatable bonds is 7. The molecule has 0 unspecified atom stereocenters. The van der Waals surface area contributed by atoms with E-state index in [1.54, 1.807) is 31.2 Å². The van der Waals surface area contributed by atoms with Crippen LogP contribution in [0.25, 0.3) is 0 Å². The maximum atomic E-state index is 13.5. The number of hydrogen-bond acceptors (Lipinski definition) is 5. The lowest BCUT2D eigenvalue weighted by molar-refractivity contribution is -0.120. The van der Waals surface area contributed by atoms with E-state index in [9.17, 15) is 13.2 Å². The van der Waals surface area contributed by atoms with Gasteiger partial charge in [0.2, 0.25) is 5.91 Å². The van der Waals surface area contributed by atoms with Gasteiger partial charge in [-0.25, -0.2) is 8.42 Å². The predicted molar refractivity (Wildman–Crippen MR) is 136 cm³/mol. The van der Waals surface area contributed by atoms with Crippen LogP contribution < -0.4 is 19.1 Å². The van der Waals surface area contributed by atoms with Gasteiger partial charge in [-0.05, 0) is 61.9 Å². The third-order valence-corrected chi connectivity index (χ3v) is 8.06. The summed E-state index contributed by atoms with van der Waals surface area (Å²) in [5.41, 5.74) is 1.93. The van der Waals surface area contributed by atoms with Crippen LogP contribution in [0.1, 0.15) is 24.1 Å². The van der Waals surface area contributed by atoms with Gasteiger partial charge in [-0.3, -0.25) is 9.10 Å². The zero-order chi connectivity index (χ0) is 25.2. The fraction of sp³-hybridized carbons (Fsp3) is 0.240. The summed E-state index contributed by atoms with van der Waals surface area (Å²) < 4.78 is 39.2. The van der Waals surface area contributed by atoms with Crippen molar-refractivity contribution in [2.24, 2.45) is 0 Å². The molecule has 7 nitrogen and oxygen atoms in total. The summed E-state index contributed by atoms with van der Waals surface area (Å²) in [6, 6.07) is 15.9. The summed E-state index contributed by atoms with van der Waals surface area (Å²) in [4.78, 5) is 13.1. The van der Waals surface area contributed by atoms with Gasteiger partial charge in [-0.1, -0.05) is 47.0 Å². The van der Waals surface area contributed by atoms with E-state index < -0.39 is 28.5 Å². The van der Waals surface area contributed by atoms with E-state index >= 15 is 0 Å². The van der Waals surface area contributed by atoms with Crippen LogP contribution in [0.2, 0.25) is 10.0 Å². The van der Waals surface area contributed by atoms with Gasteiger partial charge in [-0.2, -0.15) is 0 Å². The summed E-state index contributed by atoms with van der Waals surface area (Å²) in [6.45, 7) is 4.15. The molecule has 3 aromatic carbocycles. The first kappa shape index (κ1) is 25.2. The van der Waals surface area contributed by atoms with E-state index in [4.69, 9.17) is 32.7 Å². The molecule has 35 heavy (non-hydrogen) atoms. The van der Waals surface area contributed by atoms with E-state index in [1.807, 2.05) is 13.0 Å². The number of nitrogens with one attached hydrogen (secondary N) is 1. The Hall–Kier alpha value is -2.94. The van der Waals surface area contributed by atoms with E-state index in [2.05, 4.69) is 5.32 Å². The van der Waals surface area contributed by atoms with Gasteiger partial charge in [0.05, 0.1) is 26.7 Å². The van der Waals surface area contributed by atoms with Crippen LogP contribution in [-0.2, 0) is 14.8 Å². The lowest BCUT2D eigenvalue weighted by Crippen LogP contribution is -2.41. The van der Waals surface area contributed by atoms with Crippen LogP contribution in [0.15, 0.2) is 65.6 Å². The molecule has 0 radical (unpaired) electrons. The third kappa shape index (κ3) is 5.66.